The normalized spacial score (nSPS) is 16.9. The summed E-state index contributed by atoms with van der Waals surface area (Å²) in [6.07, 6.45) is 0.476. The molecule has 2 aromatic carbocycles. The third kappa shape index (κ3) is 4.73. The van der Waals surface area contributed by atoms with Gasteiger partial charge in [0, 0.05) is 48.1 Å². The van der Waals surface area contributed by atoms with Gasteiger partial charge in [-0.25, -0.2) is 0 Å². The number of guanidine groups is 1. The summed E-state index contributed by atoms with van der Waals surface area (Å²) in [5.74, 6) is 0.923. The van der Waals surface area contributed by atoms with E-state index in [4.69, 9.17) is 0 Å². The molecule has 0 aliphatic carbocycles. The lowest BCUT2D eigenvalue weighted by molar-refractivity contribution is -0.116. The lowest BCUT2D eigenvalue weighted by Crippen LogP contribution is -2.45. The van der Waals surface area contributed by atoms with Crippen LogP contribution in [0.1, 0.15) is 37.3 Å². The van der Waals surface area contributed by atoms with Crippen molar-refractivity contribution in [1.29, 1.82) is 0 Å². The van der Waals surface area contributed by atoms with Crippen LogP contribution in [-0.2, 0) is 10.2 Å². The van der Waals surface area contributed by atoms with E-state index in [1.807, 2.05) is 24.3 Å². The highest BCUT2D eigenvalue weighted by atomic mass is 79.9. The number of rotatable bonds is 5. The van der Waals surface area contributed by atoms with Gasteiger partial charge in [0.2, 0.25) is 5.91 Å². The van der Waals surface area contributed by atoms with Crippen molar-refractivity contribution in [2.75, 3.05) is 25.5 Å². The fourth-order valence-electron chi connectivity index (χ4n) is 3.53. The van der Waals surface area contributed by atoms with Crippen LogP contribution in [0.25, 0.3) is 0 Å². The minimum atomic E-state index is -0.0744. The monoisotopic (exact) mass is 442 g/mol. The van der Waals surface area contributed by atoms with E-state index < -0.39 is 0 Å². The third-order valence-electron chi connectivity index (χ3n) is 5.15. The minimum absolute atomic E-state index is 0.0588. The number of nitrogens with one attached hydrogen (secondary N) is 3. The smallest absolute Gasteiger partial charge is 0.225 e. The summed E-state index contributed by atoms with van der Waals surface area (Å²) in [6.45, 7) is 5.79. The Morgan fingerprint density at radius 1 is 1.18 bits per heavy atom. The molecule has 1 atom stereocenters. The van der Waals surface area contributed by atoms with Crippen LogP contribution in [0, 0.1) is 0 Å². The molecule has 5 nitrogen and oxygen atoms in total. The van der Waals surface area contributed by atoms with Gasteiger partial charge in [-0.05, 0) is 23.3 Å². The maximum absolute atomic E-state index is 12.0. The lowest BCUT2D eigenvalue weighted by atomic mass is 9.84. The average molecular weight is 443 g/mol. The highest BCUT2D eigenvalue weighted by molar-refractivity contribution is 9.10. The number of nitrogens with zero attached hydrogens (tertiary/aromatic N) is 1. The van der Waals surface area contributed by atoms with Gasteiger partial charge in [0.05, 0.1) is 0 Å². The molecular weight excluding hydrogens is 416 g/mol. The molecule has 0 saturated carbocycles. The molecule has 0 spiro atoms. The Kier molecular flexibility index (Phi) is 6.39. The number of para-hydroxylation sites is 1. The maximum atomic E-state index is 12.0. The third-order valence-corrected chi connectivity index (χ3v) is 5.84. The van der Waals surface area contributed by atoms with E-state index in [0.29, 0.717) is 13.0 Å². The van der Waals surface area contributed by atoms with Gasteiger partial charge in [0.25, 0.3) is 0 Å². The number of aliphatic imine (C=N–C) groups is 1. The van der Waals surface area contributed by atoms with Crippen molar-refractivity contribution >= 4 is 33.5 Å². The van der Waals surface area contributed by atoms with Gasteiger partial charge >= 0.3 is 0 Å². The highest BCUT2D eigenvalue weighted by Gasteiger charge is 2.26. The molecule has 28 heavy (non-hydrogen) atoms. The summed E-state index contributed by atoms with van der Waals surface area (Å²) in [5, 5.41) is 9.76. The van der Waals surface area contributed by atoms with Gasteiger partial charge in [-0.1, -0.05) is 66.2 Å². The summed E-state index contributed by atoms with van der Waals surface area (Å²) < 4.78 is 1.11. The summed E-state index contributed by atoms with van der Waals surface area (Å²) >= 11 is 3.65. The summed E-state index contributed by atoms with van der Waals surface area (Å²) in [6, 6.07) is 16.3. The Labute approximate surface area is 175 Å². The minimum Gasteiger partial charge on any atom is -0.356 e. The molecule has 0 saturated heterocycles. The van der Waals surface area contributed by atoms with E-state index in [-0.39, 0.29) is 17.2 Å². The van der Waals surface area contributed by atoms with Gasteiger partial charge in [-0.15, -0.1) is 0 Å². The highest BCUT2D eigenvalue weighted by Crippen LogP contribution is 2.31. The van der Waals surface area contributed by atoms with Crippen molar-refractivity contribution in [2.45, 2.75) is 31.6 Å². The van der Waals surface area contributed by atoms with Crippen LogP contribution in [0.15, 0.2) is 58.0 Å². The van der Waals surface area contributed by atoms with Crippen LogP contribution in [0.3, 0.4) is 0 Å². The molecule has 2 aromatic rings. The molecule has 6 heteroatoms. The molecule has 0 bridgehead atoms. The van der Waals surface area contributed by atoms with Crippen molar-refractivity contribution in [2.24, 2.45) is 4.99 Å². The van der Waals surface area contributed by atoms with Crippen molar-refractivity contribution in [3.8, 4) is 0 Å². The Bertz CT molecular complexity index is 878. The maximum Gasteiger partial charge on any atom is 0.225 e. The zero-order valence-electron chi connectivity index (χ0n) is 16.6. The number of fused-ring (bicyclic) bond motifs is 1. The van der Waals surface area contributed by atoms with Crippen molar-refractivity contribution in [3.05, 3.63) is 64.1 Å². The van der Waals surface area contributed by atoms with Gasteiger partial charge < -0.3 is 16.0 Å². The van der Waals surface area contributed by atoms with E-state index in [0.717, 1.165) is 22.7 Å². The zero-order chi connectivity index (χ0) is 20.1. The van der Waals surface area contributed by atoms with Crippen LogP contribution in [-0.4, -0.2) is 32.0 Å². The quantitative estimate of drug-likeness (QED) is 0.483. The predicted molar refractivity (Wildman–Crippen MR) is 119 cm³/mol. The molecule has 1 unspecified atom stereocenters. The number of carbonyl (C=O) groups is 1. The SMILES string of the molecule is CN=C(NCC1CC(=O)Nc2ccccc21)NCC(C)(C)c1ccccc1Br. The topological polar surface area (TPSA) is 65.5 Å². The van der Waals surface area contributed by atoms with Gasteiger partial charge in [-0.3, -0.25) is 9.79 Å². The van der Waals surface area contributed by atoms with Crippen LogP contribution in [0.5, 0.6) is 0 Å². The van der Waals surface area contributed by atoms with Crippen molar-refractivity contribution < 1.29 is 4.79 Å². The van der Waals surface area contributed by atoms with Crippen LogP contribution >= 0.6 is 15.9 Å². The second kappa shape index (κ2) is 8.78. The molecule has 1 amide bonds. The van der Waals surface area contributed by atoms with Crippen LogP contribution in [0.4, 0.5) is 5.69 Å². The first-order valence-corrected chi connectivity index (χ1v) is 10.3. The largest absolute Gasteiger partial charge is 0.356 e. The molecule has 1 aliphatic heterocycles. The Morgan fingerprint density at radius 2 is 1.89 bits per heavy atom. The zero-order valence-corrected chi connectivity index (χ0v) is 18.1. The molecule has 1 aliphatic rings. The summed E-state index contributed by atoms with van der Waals surface area (Å²) in [5.41, 5.74) is 3.24. The molecule has 0 fully saturated rings. The molecule has 148 valence electrons. The number of halogens is 1. The number of amides is 1. The fraction of sp³-hybridized carbons (Fsp3) is 0.364. The summed E-state index contributed by atoms with van der Waals surface area (Å²) in [4.78, 5) is 16.4. The molecule has 3 rings (SSSR count). The van der Waals surface area contributed by atoms with Crippen LogP contribution < -0.4 is 16.0 Å². The molecule has 1 heterocycles. The first kappa shape index (κ1) is 20.4. The van der Waals surface area contributed by atoms with E-state index in [1.54, 1.807) is 7.05 Å². The number of carbonyl (C=O) groups excluding carboxylic acids is 1. The second-order valence-electron chi connectivity index (χ2n) is 7.71. The van der Waals surface area contributed by atoms with Crippen LogP contribution in [0.2, 0.25) is 0 Å². The Hall–Kier alpha value is -2.34. The second-order valence-corrected chi connectivity index (χ2v) is 8.56. The van der Waals surface area contributed by atoms with Gasteiger partial charge in [0.15, 0.2) is 5.96 Å². The van der Waals surface area contributed by atoms with Crippen molar-refractivity contribution in [3.63, 3.8) is 0 Å². The standard InChI is InChI=1S/C22H27BrN4O/c1-22(2,17-9-5-6-10-18(17)23)14-26-21(24-3)25-13-15-12-20(28)27-19-11-7-4-8-16(15)19/h4-11,15H,12-14H2,1-3H3,(H,27,28)(H2,24,25,26). The van der Waals surface area contributed by atoms with Gasteiger partial charge in [0.1, 0.15) is 0 Å². The molecule has 3 N–H and O–H groups in total. The first-order chi connectivity index (χ1) is 13.4. The molecule has 0 aromatic heterocycles. The molecular formula is C22H27BrN4O. The van der Waals surface area contributed by atoms with Crippen molar-refractivity contribution in [1.82, 2.24) is 10.6 Å². The average Bonchev–Trinajstić information content (AvgIpc) is 2.68. The molecule has 0 radical (unpaired) electrons. The van der Waals surface area contributed by atoms with E-state index >= 15 is 0 Å². The number of hydrogen-bond acceptors (Lipinski definition) is 2. The number of anilines is 1. The first-order valence-electron chi connectivity index (χ1n) is 9.49. The lowest BCUT2D eigenvalue weighted by Gasteiger charge is -2.29. The van der Waals surface area contributed by atoms with E-state index in [1.165, 1.54) is 11.1 Å². The summed E-state index contributed by atoms with van der Waals surface area (Å²) in [7, 11) is 1.77. The fourth-order valence-corrected chi connectivity index (χ4v) is 4.36. The predicted octanol–water partition coefficient (Wildman–Crippen LogP) is 4.02. The van der Waals surface area contributed by atoms with E-state index in [9.17, 15) is 4.79 Å². The Morgan fingerprint density at radius 3 is 2.64 bits per heavy atom. The van der Waals surface area contributed by atoms with E-state index in [2.05, 4.69) is 75.0 Å². The Balaban J connectivity index is 1.61. The van der Waals surface area contributed by atoms with Gasteiger partial charge in [-0.2, -0.15) is 0 Å². The number of benzene rings is 2. The number of hydrogen-bond donors (Lipinski definition) is 3.